The van der Waals surface area contributed by atoms with Gasteiger partial charge in [-0.15, -0.1) is 0 Å². The van der Waals surface area contributed by atoms with Crippen LogP contribution in [-0.2, 0) is 37.9 Å². The topological polar surface area (TPSA) is 462 Å². The molecule has 0 radical (unpaired) electrons. The van der Waals surface area contributed by atoms with Gasteiger partial charge in [0.1, 0.15) is 97.7 Å². The molecule has 0 aromatic heterocycles. The Morgan fingerprint density at radius 1 is 0.456 bits per heavy atom. The lowest BCUT2D eigenvalue weighted by molar-refractivity contribution is -0.390. The summed E-state index contributed by atoms with van der Waals surface area (Å²) in [7, 11) is 0. The van der Waals surface area contributed by atoms with E-state index in [1.807, 2.05) is 0 Å². The summed E-state index contributed by atoms with van der Waals surface area (Å²) < 4.78 is 44.9. The normalized spacial score (nSPS) is 53.8. The minimum Gasteiger partial charge on any atom is -0.394 e. The third kappa shape index (κ3) is 9.11. The lowest BCUT2D eigenvalue weighted by Crippen LogP contribution is -2.78. The standard InChI is InChI=1S/C30H55N3O24/c31-10-15(41)21(7(2-35)50-25(10)48)55-28-12(16(42)22(9(4-37)53-28)54-27-11(32)14(40)13(39)6(1-34)52-27)33-30(5-38)24(47)18(44)20(46)29(57-30)56-23-8(3-36)51-26(49)19(45)17(23)43/h6-29,33-49H,1-5,31-32H2/t6-,7-,8-,9-,10?,11-,12?,13-,14-,15?,16-,17-,18-,19?,20-,21?,22?,23-,24-,25?,26?,27+,28+,29-,30-/m1/s1. The average molecular weight is 842 g/mol. The molecule has 0 saturated carbocycles. The van der Waals surface area contributed by atoms with Gasteiger partial charge in [-0.2, -0.15) is 0 Å². The molecule has 5 rings (SSSR count). The van der Waals surface area contributed by atoms with Crippen molar-refractivity contribution >= 4 is 0 Å². The van der Waals surface area contributed by atoms with E-state index >= 15 is 0 Å². The molecule has 0 aromatic carbocycles. The number of hydrogen-bond acceptors (Lipinski definition) is 27. The molecule has 5 aliphatic heterocycles. The van der Waals surface area contributed by atoms with Crippen molar-refractivity contribution in [3.63, 3.8) is 0 Å². The zero-order valence-corrected chi connectivity index (χ0v) is 30.0. The van der Waals surface area contributed by atoms with Gasteiger partial charge in [0.05, 0.1) is 51.2 Å². The summed E-state index contributed by atoms with van der Waals surface area (Å²) in [6, 6.07) is -5.06. The summed E-state index contributed by atoms with van der Waals surface area (Å²) in [6.07, 6.45) is -39.6. The van der Waals surface area contributed by atoms with Gasteiger partial charge in [0, 0.05) is 0 Å². The zero-order valence-electron chi connectivity index (χ0n) is 30.0. The molecule has 25 atom stereocenters. The summed E-state index contributed by atoms with van der Waals surface area (Å²) in [4.78, 5) is 0. The van der Waals surface area contributed by atoms with Crippen molar-refractivity contribution in [3.8, 4) is 0 Å². The van der Waals surface area contributed by atoms with Crippen LogP contribution in [0.1, 0.15) is 0 Å². The van der Waals surface area contributed by atoms with Crippen molar-refractivity contribution < 1.29 is 120 Å². The molecule has 57 heavy (non-hydrogen) atoms. The van der Waals surface area contributed by atoms with E-state index in [2.05, 4.69) is 5.32 Å². The lowest BCUT2D eigenvalue weighted by Gasteiger charge is -2.54. The number of aliphatic hydroxyl groups is 16. The quantitative estimate of drug-likeness (QED) is 0.0818. The Hall–Kier alpha value is -1.08. The molecule has 5 fully saturated rings. The maximum absolute atomic E-state index is 12.0. The largest absolute Gasteiger partial charge is 0.394 e. The highest BCUT2D eigenvalue weighted by Crippen LogP contribution is 2.37. The van der Waals surface area contributed by atoms with Crippen LogP contribution in [0, 0.1) is 0 Å². The average Bonchev–Trinajstić information content (AvgIpc) is 3.20. The highest BCUT2D eigenvalue weighted by molar-refractivity contribution is 5.06. The van der Waals surface area contributed by atoms with Crippen molar-refractivity contribution in [2.75, 3.05) is 33.0 Å². The van der Waals surface area contributed by atoms with Crippen molar-refractivity contribution in [1.82, 2.24) is 5.32 Å². The van der Waals surface area contributed by atoms with Crippen LogP contribution in [0.15, 0.2) is 0 Å². The van der Waals surface area contributed by atoms with E-state index in [-0.39, 0.29) is 0 Å². The molecule has 0 spiro atoms. The molecular weight excluding hydrogens is 786 g/mol. The van der Waals surface area contributed by atoms with Crippen molar-refractivity contribution in [1.29, 1.82) is 0 Å². The van der Waals surface area contributed by atoms with Gasteiger partial charge in [-0.1, -0.05) is 0 Å². The Kier molecular flexibility index (Phi) is 15.9. The van der Waals surface area contributed by atoms with Crippen molar-refractivity contribution in [2.24, 2.45) is 11.5 Å². The second-order valence-corrected chi connectivity index (χ2v) is 14.5. The van der Waals surface area contributed by atoms with Gasteiger partial charge in [0.25, 0.3) is 0 Å². The van der Waals surface area contributed by atoms with E-state index in [0.29, 0.717) is 0 Å². The van der Waals surface area contributed by atoms with E-state index in [0.717, 1.165) is 0 Å². The highest BCUT2D eigenvalue weighted by Gasteiger charge is 2.60. The van der Waals surface area contributed by atoms with Crippen LogP contribution in [-0.4, -0.2) is 268 Å². The summed E-state index contributed by atoms with van der Waals surface area (Å²) in [5.74, 6) is 0. The third-order valence-corrected chi connectivity index (χ3v) is 10.8. The molecule has 0 aromatic rings. The van der Waals surface area contributed by atoms with Crippen LogP contribution in [0.4, 0.5) is 0 Å². The van der Waals surface area contributed by atoms with Gasteiger partial charge < -0.3 is 131 Å². The first-order chi connectivity index (χ1) is 26.9. The fourth-order valence-corrected chi connectivity index (χ4v) is 7.36. The summed E-state index contributed by atoms with van der Waals surface area (Å²) >= 11 is 0. The number of rotatable bonds is 13. The predicted molar refractivity (Wildman–Crippen MR) is 174 cm³/mol. The Labute approximate surface area is 322 Å². The fourth-order valence-electron chi connectivity index (χ4n) is 7.36. The zero-order chi connectivity index (χ0) is 42.3. The van der Waals surface area contributed by atoms with Crippen molar-refractivity contribution in [3.05, 3.63) is 0 Å². The molecular formula is C30H55N3O24. The van der Waals surface area contributed by atoms with Gasteiger partial charge in [-0.05, 0) is 0 Å². The maximum Gasteiger partial charge on any atom is 0.189 e. The van der Waals surface area contributed by atoms with E-state index in [1.54, 1.807) is 0 Å². The van der Waals surface area contributed by atoms with Crippen molar-refractivity contribution in [2.45, 2.75) is 153 Å². The van der Waals surface area contributed by atoms with E-state index in [9.17, 15) is 81.7 Å². The van der Waals surface area contributed by atoms with Crippen LogP contribution < -0.4 is 16.8 Å². The molecule has 0 bridgehead atoms. The summed E-state index contributed by atoms with van der Waals surface area (Å²) in [6.45, 7) is -5.02. The first-order valence-electron chi connectivity index (χ1n) is 18.0. The fraction of sp³-hybridized carbons (Fsp3) is 1.00. The van der Waals surface area contributed by atoms with Gasteiger partial charge in [-0.25, -0.2) is 0 Å². The minimum absolute atomic E-state index is 0.832. The monoisotopic (exact) mass is 841 g/mol. The Balaban J connectivity index is 1.50. The molecule has 27 heteroatoms. The molecule has 5 heterocycles. The molecule has 27 nitrogen and oxygen atoms in total. The third-order valence-electron chi connectivity index (χ3n) is 10.8. The number of nitrogens with one attached hydrogen (secondary N) is 1. The van der Waals surface area contributed by atoms with Gasteiger partial charge >= 0.3 is 0 Å². The molecule has 0 aliphatic carbocycles. The number of ether oxygens (including phenoxy) is 8. The van der Waals surface area contributed by atoms with Crippen LogP contribution >= 0.6 is 0 Å². The smallest absolute Gasteiger partial charge is 0.189 e. The highest BCUT2D eigenvalue weighted by atomic mass is 16.8. The summed E-state index contributed by atoms with van der Waals surface area (Å²) in [5, 5.41) is 171. The van der Waals surface area contributed by atoms with E-state index in [4.69, 9.17) is 49.4 Å². The minimum atomic E-state index is -2.78. The van der Waals surface area contributed by atoms with Crippen LogP contribution in [0.2, 0.25) is 0 Å². The van der Waals surface area contributed by atoms with Crippen LogP contribution in [0.5, 0.6) is 0 Å². The predicted octanol–water partition coefficient (Wildman–Crippen LogP) is -13.1. The van der Waals surface area contributed by atoms with E-state index < -0.39 is 186 Å². The Morgan fingerprint density at radius 3 is 1.53 bits per heavy atom. The SMILES string of the molecule is NC1C(O)O[C@H](CO)C(O[C@@H]2O[C@H](CO)C(O[C@@H]3O[C@H](CO)[C@@H](O)[C@H](O)[C@H]3N)[C@H](O)C2N[C@]2(CO)O[C@@H](O[C@H]3[C@H](O)C(O)C(O)O[C@@H]3CO)[C@H](O)[C@@H](O)[C@H]2O)C1O. The van der Waals surface area contributed by atoms with Crippen LogP contribution in [0.3, 0.4) is 0 Å². The molecule has 21 N–H and O–H groups in total. The molecule has 334 valence electrons. The Morgan fingerprint density at radius 2 is 0.947 bits per heavy atom. The molecule has 0 amide bonds. The maximum atomic E-state index is 12.0. The van der Waals surface area contributed by atoms with Gasteiger partial charge in [-0.3, -0.25) is 5.32 Å². The number of hydrogen-bond donors (Lipinski definition) is 19. The lowest BCUT2D eigenvalue weighted by atomic mass is 9.89. The van der Waals surface area contributed by atoms with Gasteiger partial charge in [0.15, 0.2) is 37.2 Å². The number of nitrogens with two attached hydrogens (primary N) is 2. The molecule has 8 unspecified atom stereocenters. The first-order valence-corrected chi connectivity index (χ1v) is 18.0. The van der Waals surface area contributed by atoms with Gasteiger partial charge in [0.2, 0.25) is 0 Å². The van der Waals surface area contributed by atoms with Crippen LogP contribution in [0.25, 0.3) is 0 Å². The molecule has 5 saturated heterocycles. The Bertz CT molecular complexity index is 1260. The number of aliphatic hydroxyl groups excluding tert-OH is 16. The van der Waals surface area contributed by atoms with E-state index in [1.165, 1.54) is 0 Å². The second-order valence-electron chi connectivity index (χ2n) is 14.5. The first kappa shape index (κ1) is 47.0. The molecule has 5 aliphatic rings. The summed E-state index contributed by atoms with van der Waals surface area (Å²) in [5.41, 5.74) is 9.09. The second kappa shape index (κ2) is 19.3.